The standard InChI is InChI=1S/C23H20O2/c1-17(18(2)25-23(24)21-10-4-3-5-11-21)15-16-20-13-8-12-19-9-6-7-14-22(19)20/h3-16,18H,1H2,2H3/b16-15+. The van der Waals surface area contributed by atoms with Crippen LogP contribution in [-0.4, -0.2) is 12.1 Å². The van der Waals surface area contributed by atoms with Gasteiger partial charge >= 0.3 is 5.97 Å². The van der Waals surface area contributed by atoms with Crippen molar-refractivity contribution in [1.29, 1.82) is 0 Å². The van der Waals surface area contributed by atoms with Gasteiger partial charge < -0.3 is 4.74 Å². The number of rotatable bonds is 5. The van der Waals surface area contributed by atoms with E-state index in [1.165, 1.54) is 10.8 Å². The molecular weight excluding hydrogens is 308 g/mol. The predicted molar refractivity (Wildman–Crippen MR) is 103 cm³/mol. The Kier molecular flexibility index (Phi) is 5.10. The van der Waals surface area contributed by atoms with E-state index < -0.39 is 0 Å². The number of carbonyl (C=O) groups is 1. The number of benzene rings is 3. The van der Waals surface area contributed by atoms with Gasteiger partial charge in [0.05, 0.1) is 5.56 Å². The summed E-state index contributed by atoms with van der Waals surface area (Å²) in [6.45, 7) is 5.86. The summed E-state index contributed by atoms with van der Waals surface area (Å²) in [5, 5.41) is 2.38. The van der Waals surface area contributed by atoms with E-state index in [-0.39, 0.29) is 12.1 Å². The zero-order chi connectivity index (χ0) is 17.6. The molecule has 0 aromatic heterocycles. The number of carbonyl (C=O) groups excluding carboxylic acids is 1. The van der Waals surface area contributed by atoms with E-state index in [1.807, 2.05) is 55.5 Å². The van der Waals surface area contributed by atoms with Crippen LogP contribution in [-0.2, 0) is 4.74 Å². The van der Waals surface area contributed by atoms with Gasteiger partial charge in [0.1, 0.15) is 6.10 Å². The molecule has 1 atom stereocenters. The molecule has 0 aliphatic carbocycles. The molecule has 25 heavy (non-hydrogen) atoms. The lowest BCUT2D eigenvalue weighted by Gasteiger charge is -2.13. The van der Waals surface area contributed by atoms with Crippen LogP contribution in [0.15, 0.2) is 91.0 Å². The molecule has 0 aliphatic rings. The fourth-order valence-electron chi connectivity index (χ4n) is 2.61. The fourth-order valence-corrected chi connectivity index (χ4v) is 2.61. The molecule has 0 amide bonds. The minimum Gasteiger partial charge on any atom is -0.454 e. The first kappa shape index (κ1) is 16.7. The Balaban J connectivity index is 1.70. The molecule has 0 heterocycles. The van der Waals surface area contributed by atoms with Crippen LogP contribution in [0.3, 0.4) is 0 Å². The Morgan fingerprint density at radius 2 is 1.64 bits per heavy atom. The maximum atomic E-state index is 12.1. The Hall–Kier alpha value is -3.13. The highest BCUT2D eigenvalue weighted by atomic mass is 16.5. The van der Waals surface area contributed by atoms with Crippen molar-refractivity contribution in [3.63, 3.8) is 0 Å². The van der Waals surface area contributed by atoms with Gasteiger partial charge in [-0.15, -0.1) is 0 Å². The van der Waals surface area contributed by atoms with E-state index in [0.29, 0.717) is 5.56 Å². The molecule has 0 saturated carbocycles. The fraction of sp³-hybridized carbons (Fsp3) is 0.0870. The normalized spacial score (nSPS) is 12.2. The summed E-state index contributed by atoms with van der Waals surface area (Å²) >= 11 is 0. The van der Waals surface area contributed by atoms with E-state index >= 15 is 0 Å². The maximum absolute atomic E-state index is 12.1. The van der Waals surface area contributed by atoms with Gasteiger partial charge in [0.25, 0.3) is 0 Å². The zero-order valence-corrected chi connectivity index (χ0v) is 14.2. The van der Waals surface area contributed by atoms with Gasteiger partial charge in [0, 0.05) is 0 Å². The van der Waals surface area contributed by atoms with Gasteiger partial charge in [0.15, 0.2) is 0 Å². The minimum absolute atomic E-state index is 0.340. The second-order valence-corrected chi connectivity index (χ2v) is 5.89. The van der Waals surface area contributed by atoms with E-state index in [9.17, 15) is 4.79 Å². The van der Waals surface area contributed by atoms with Crippen LogP contribution in [0.1, 0.15) is 22.8 Å². The Morgan fingerprint density at radius 3 is 2.44 bits per heavy atom. The largest absolute Gasteiger partial charge is 0.454 e. The van der Waals surface area contributed by atoms with Crippen molar-refractivity contribution < 1.29 is 9.53 Å². The summed E-state index contributed by atoms with van der Waals surface area (Å²) in [7, 11) is 0. The van der Waals surface area contributed by atoms with Crippen molar-refractivity contribution in [2.24, 2.45) is 0 Å². The first-order valence-corrected chi connectivity index (χ1v) is 8.26. The number of hydrogen-bond donors (Lipinski definition) is 0. The topological polar surface area (TPSA) is 26.3 Å². The van der Waals surface area contributed by atoms with Crippen molar-refractivity contribution in [2.45, 2.75) is 13.0 Å². The highest BCUT2D eigenvalue weighted by molar-refractivity contribution is 5.91. The summed E-state index contributed by atoms with van der Waals surface area (Å²) < 4.78 is 5.48. The first-order chi connectivity index (χ1) is 12.1. The number of ether oxygens (including phenoxy) is 1. The molecule has 0 fully saturated rings. The average molecular weight is 328 g/mol. The molecule has 0 spiro atoms. The molecule has 1 unspecified atom stereocenters. The molecule has 3 aromatic rings. The summed E-state index contributed by atoms with van der Waals surface area (Å²) in [5.74, 6) is -0.340. The van der Waals surface area contributed by atoms with E-state index in [0.717, 1.165) is 11.1 Å². The third-order valence-electron chi connectivity index (χ3n) is 4.12. The molecule has 0 saturated heterocycles. The van der Waals surface area contributed by atoms with Gasteiger partial charge in [0.2, 0.25) is 0 Å². The summed E-state index contributed by atoms with van der Waals surface area (Å²) in [6.07, 6.45) is 3.53. The molecule has 2 heteroatoms. The number of fused-ring (bicyclic) bond motifs is 1. The van der Waals surface area contributed by atoms with Gasteiger partial charge in [-0.25, -0.2) is 4.79 Å². The molecule has 0 bridgehead atoms. The highest BCUT2D eigenvalue weighted by Crippen LogP contribution is 2.20. The summed E-state index contributed by atoms with van der Waals surface area (Å²) in [5.41, 5.74) is 2.40. The summed E-state index contributed by atoms with van der Waals surface area (Å²) in [6, 6.07) is 23.4. The molecule has 0 N–H and O–H groups in total. The average Bonchev–Trinajstić information content (AvgIpc) is 2.66. The highest BCUT2D eigenvalue weighted by Gasteiger charge is 2.12. The number of hydrogen-bond acceptors (Lipinski definition) is 2. The van der Waals surface area contributed by atoms with Crippen molar-refractivity contribution in [2.75, 3.05) is 0 Å². The lowest BCUT2D eigenvalue weighted by molar-refractivity contribution is 0.0412. The van der Waals surface area contributed by atoms with E-state index in [2.05, 4.69) is 30.8 Å². The van der Waals surface area contributed by atoms with Crippen LogP contribution in [0.5, 0.6) is 0 Å². The molecule has 3 aromatic carbocycles. The summed E-state index contributed by atoms with van der Waals surface area (Å²) in [4.78, 5) is 12.1. The van der Waals surface area contributed by atoms with Crippen LogP contribution in [0, 0.1) is 0 Å². The van der Waals surface area contributed by atoms with Gasteiger partial charge in [-0.3, -0.25) is 0 Å². The van der Waals surface area contributed by atoms with E-state index in [4.69, 9.17) is 4.74 Å². The Bertz CT molecular complexity index is 918. The second kappa shape index (κ2) is 7.63. The van der Waals surface area contributed by atoms with Gasteiger partial charge in [-0.2, -0.15) is 0 Å². The molecule has 3 rings (SSSR count). The third kappa shape index (κ3) is 4.04. The van der Waals surface area contributed by atoms with Crippen LogP contribution in [0.2, 0.25) is 0 Å². The first-order valence-electron chi connectivity index (χ1n) is 8.26. The third-order valence-corrected chi connectivity index (χ3v) is 4.12. The van der Waals surface area contributed by atoms with Crippen LogP contribution >= 0.6 is 0 Å². The smallest absolute Gasteiger partial charge is 0.338 e. The van der Waals surface area contributed by atoms with Crippen molar-refractivity contribution in [3.05, 3.63) is 102 Å². The van der Waals surface area contributed by atoms with Crippen LogP contribution in [0.25, 0.3) is 16.8 Å². The molecule has 2 nitrogen and oxygen atoms in total. The van der Waals surface area contributed by atoms with Crippen LogP contribution < -0.4 is 0 Å². The molecule has 0 radical (unpaired) electrons. The molecule has 124 valence electrons. The Labute approximate surface area is 148 Å². The van der Waals surface area contributed by atoms with Crippen molar-refractivity contribution >= 4 is 22.8 Å². The van der Waals surface area contributed by atoms with Crippen LogP contribution in [0.4, 0.5) is 0 Å². The van der Waals surface area contributed by atoms with Crippen molar-refractivity contribution in [3.8, 4) is 0 Å². The maximum Gasteiger partial charge on any atom is 0.338 e. The number of esters is 1. The van der Waals surface area contributed by atoms with Gasteiger partial charge in [-0.1, -0.05) is 79.4 Å². The predicted octanol–water partition coefficient (Wildman–Crippen LogP) is 5.65. The van der Waals surface area contributed by atoms with Gasteiger partial charge in [-0.05, 0) is 41.0 Å². The SMILES string of the molecule is C=C(/C=C/c1cccc2ccccc12)C(C)OC(=O)c1ccccc1. The molecule has 0 aliphatic heterocycles. The zero-order valence-electron chi connectivity index (χ0n) is 14.2. The second-order valence-electron chi connectivity index (χ2n) is 5.89. The quantitative estimate of drug-likeness (QED) is 0.446. The monoisotopic (exact) mass is 328 g/mol. The lowest BCUT2D eigenvalue weighted by Crippen LogP contribution is -2.16. The van der Waals surface area contributed by atoms with E-state index in [1.54, 1.807) is 12.1 Å². The Morgan fingerprint density at radius 1 is 0.960 bits per heavy atom. The minimum atomic E-state index is -0.390. The lowest BCUT2D eigenvalue weighted by atomic mass is 10.0. The van der Waals surface area contributed by atoms with Crippen molar-refractivity contribution in [1.82, 2.24) is 0 Å². The molecular formula is C23H20O2.